The molecule has 4 aromatic rings. The van der Waals surface area contributed by atoms with E-state index < -0.39 is 0 Å². The topological polar surface area (TPSA) is 85.5 Å². The van der Waals surface area contributed by atoms with Gasteiger partial charge in [-0.25, -0.2) is 4.98 Å². The number of nitrogens with zero attached hydrogens (tertiary/aromatic N) is 6. The van der Waals surface area contributed by atoms with E-state index in [0.717, 1.165) is 46.7 Å². The van der Waals surface area contributed by atoms with Gasteiger partial charge < -0.3 is 9.64 Å². The first-order valence-electron chi connectivity index (χ1n) is 9.71. The maximum Gasteiger partial charge on any atom is 0.274 e. The number of pyridine rings is 2. The highest BCUT2D eigenvalue weighted by atomic mass is 16.5. The average Bonchev–Trinajstić information content (AvgIpc) is 2.78. The summed E-state index contributed by atoms with van der Waals surface area (Å²) in [5.41, 5.74) is 5.51. The summed E-state index contributed by atoms with van der Waals surface area (Å²) in [5.74, 6) is 1.50. The number of aromatic nitrogens is 5. The number of hydrogen-bond donors (Lipinski definition) is 0. The van der Waals surface area contributed by atoms with E-state index in [4.69, 9.17) is 9.72 Å². The first kappa shape index (κ1) is 18.2. The standard InChI is InChI=1S/C22H20N6O2/c1-14-9-20-24-7-4-21(29)28(20)26-22(14)27-8-5-18-16(13-27)10-15(11-25-18)17-3-6-23-12-19(17)30-2/h3-4,6-7,9-12H,5,8,13H2,1-2H3. The summed E-state index contributed by atoms with van der Waals surface area (Å²) >= 11 is 0. The second kappa shape index (κ2) is 7.22. The molecule has 0 bridgehead atoms. The van der Waals surface area contributed by atoms with Crippen LogP contribution in [0.2, 0.25) is 0 Å². The lowest BCUT2D eigenvalue weighted by molar-refractivity contribution is 0.414. The summed E-state index contributed by atoms with van der Waals surface area (Å²) in [4.78, 5) is 27.5. The smallest absolute Gasteiger partial charge is 0.274 e. The molecule has 150 valence electrons. The molecule has 1 aliphatic heterocycles. The maximum absolute atomic E-state index is 12.2. The van der Waals surface area contributed by atoms with E-state index in [1.54, 1.807) is 19.5 Å². The Bertz CT molecular complexity index is 1320. The van der Waals surface area contributed by atoms with Crippen molar-refractivity contribution in [1.29, 1.82) is 0 Å². The third-order valence-electron chi connectivity index (χ3n) is 5.40. The fourth-order valence-corrected chi connectivity index (χ4v) is 3.89. The van der Waals surface area contributed by atoms with Crippen molar-refractivity contribution in [2.75, 3.05) is 18.6 Å². The Labute approximate surface area is 172 Å². The minimum atomic E-state index is -0.188. The molecule has 0 aromatic carbocycles. The Balaban J connectivity index is 1.53. The van der Waals surface area contributed by atoms with Gasteiger partial charge in [0.05, 0.1) is 13.3 Å². The lowest BCUT2D eigenvalue weighted by atomic mass is 10.00. The highest BCUT2D eigenvalue weighted by Gasteiger charge is 2.22. The van der Waals surface area contributed by atoms with Gasteiger partial charge >= 0.3 is 0 Å². The molecule has 0 saturated carbocycles. The largest absolute Gasteiger partial charge is 0.494 e. The third kappa shape index (κ3) is 3.06. The number of fused-ring (bicyclic) bond motifs is 2. The van der Waals surface area contributed by atoms with Gasteiger partial charge in [-0.3, -0.25) is 14.8 Å². The molecule has 0 N–H and O–H groups in total. The van der Waals surface area contributed by atoms with Gasteiger partial charge in [0.1, 0.15) is 5.75 Å². The summed E-state index contributed by atoms with van der Waals surface area (Å²) < 4.78 is 6.81. The third-order valence-corrected chi connectivity index (χ3v) is 5.40. The van der Waals surface area contributed by atoms with Gasteiger partial charge in [0.25, 0.3) is 5.56 Å². The Kier molecular flexibility index (Phi) is 4.39. The molecular formula is C22H20N6O2. The average molecular weight is 400 g/mol. The van der Waals surface area contributed by atoms with Crippen LogP contribution in [0.25, 0.3) is 16.8 Å². The quantitative estimate of drug-likeness (QED) is 0.522. The zero-order chi connectivity index (χ0) is 20.7. The van der Waals surface area contributed by atoms with Crippen molar-refractivity contribution in [1.82, 2.24) is 24.6 Å². The molecule has 0 radical (unpaired) electrons. The fourth-order valence-electron chi connectivity index (χ4n) is 3.89. The van der Waals surface area contributed by atoms with Crippen LogP contribution >= 0.6 is 0 Å². The summed E-state index contributed by atoms with van der Waals surface area (Å²) in [5, 5.41) is 4.60. The van der Waals surface area contributed by atoms with Crippen molar-refractivity contribution in [3.63, 3.8) is 0 Å². The highest BCUT2D eigenvalue weighted by molar-refractivity contribution is 5.70. The second-order valence-electron chi connectivity index (χ2n) is 7.28. The van der Waals surface area contributed by atoms with Gasteiger partial charge in [0.15, 0.2) is 11.5 Å². The van der Waals surface area contributed by atoms with Crippen LogP contribution in [0.3, 0.4) is 0 Å². The van der Waals surface area contributed by atoms with Crippen LogP contribution in [0.1, 0.15) is 16.8 Å². The molecule has 8 heteroatoms. The van der Waals surface area contributed by atoms with E-state index in [1.807, 2.05) is 25.3 Å². The van der Waals surface area contributed by atoms with E-state index >= 15 is 0 Å². The van der Waals surface area contributed by atoms with Gasteiger partial charge in [-0.2, -0.15) is 4.52 Å². The predicted octanol–water partition coefficient (Wildman–Crippen LogP) is 2.43. The number of methoxy groups -OCH3 is 1. The Hall–Kier alpha value is -3.81. The summed E-state index contributed by atoms with van der Waals surface area (Å²) in [7, 11) is 1.64. The normalized spacial score (nSPS) is 13.3. The Morgan fingerprint density at radius 2 is 2.00 bits per heavy atom. The minimum Gasteiger partial charge on any atom is -0.494 e. The van der Waals surface area contributed by atoms with Gasteiger partial charge in [-0.05, 0) is 36.2 Å². The Morgan fingerprint density at radius 3 is 2.87 bits per heavy atom. The molecule has 8 nitrogen and oxygen atoms in total. The molecule has 0 fully saturated rings. The predicted molar refractivity (Wildman–Crippen MR) is 113 cm³/mol. The van der Waals surface area contributed by atoms with E-state index in [0.29, 0.717) is 17.9 Å². The lowest BCUT2D eigenvalue weighted by Crippen LogP contribution is -2.33. The number of anilines is 1. The van der Waals surface area contributed by atoms with Crippen molar-refractivity contribution in [2.24, 2.45) is 0 Å². The number of rotatable bonds is 3. The van der Waals surface area contributed by atoms with Gasteiger partial charge in [0, 0.05) is 61.0 Å². The van der Waals surface area contributed by atoms with Crippen LogP contribution in [0, 0.1) is 6.92 Å². The van der Waals surface area contributed by atoms with Gasteiger partial charge in [-0.15, -0.1) is 5.10 Å². The number of ether oxygens (including phenoxy) is 1. The number of hydrogen-bond acceptors (Lipinski definition) is 7. The molecule has 0 saturated heterocycles. The van der Waals surface area contributed by atoms with Crippen LogP contribution in [-0.4, -0.2) is 38.2 Å². The van der Waals surface area contributed by atoms with Crippen molar-refractivity contribution in [2.45, 2.75) is 19.9 Å². The summed E-state index contributed by atoms with van der Waals surface area (Å²) in [6.07, 6.45) is 7.66. The fraction of sp³-hybridized carbons (Fsp3) is 0.227. The Morgan fingerprint density at radius 1 is 1.10 bits per heavy atom. The number of aryl methyl sites for hydroxylation is 1. The van der Waals surface area contributed by atoms with E-state index in [1.165, 1.54) is 16.8 Å². The zero-order valence-electron chi connectivity index (χ0n) is 16.7. The van der Waals surface area contributed by atoms with Gasteiger partial charge in [-0.1, -0.05) is 0 Å². The van der Waals surface area contributed by atoms with Crippen molar-refractivity contribution < 1.29 is 4.74 Å². The van der Waals surface area contributed by atoms with Gasteiger partial charge in [0.2, 0.25) is 0 Å². The molecule has 0 unspecified atom stereocenters. The molecule has 0 amide bonds. The van der Waals surface area contributed by atoms with Crippen LogP contribution in [-0.2, 0) is 13.0 Å². The molecule has 5 rings (SSSR count). The molecule has 0 spiro atoms. The second-order valence-corrected chi connectivity index (χ2v) is 7.28. The van der Waals surface area contributed by atoms with Crippen LogP contribution in [0.15, 0.2) is 53.8 Å². The first-order valence-corrected chi connectivity index (χ1v) is 9.71. The maximum atomic E-state index is 12.2. The van der Waals surface area contributed by atoms with E-state index in [-0.39, 0.29) is 5.56 Å². The minimum absolute atomic E-state index is 0.188. The first-order chi connectivity index (χ1) is 14.6. The van der Waals surface area contributed by atoms with Crippen LogP contribution < -0.4 is 15.2 Å². The molecule has 0 aliphatic carbocycles. The van der Waals surface area contributed by atoms with Crippen LogP contribution in [0.4, 0.5) is 5.82 Å². The summed E-state index contributed by atoms with van der Waals surface area (Å²) in [6, 6.07) is 7.40. The zero-order valence-corrected chi connectivity index (χ0v) is 16.7. The highest BCUT2D eigenvalue weighted by Crippen LogP contribution is 2.32. The lowest BCUT2D eigenvalue weighted by Gasteiger charge is -2.30. The van der Waals surface area contributed by atoms with E-state index in [9.17, 15) is 4.79 Å². The van der Waals surface area contributed by atoms with Crippen molar-refractivity contribution in [3.05, 3.63) is 76.2 Å². The van der Waals surface area contributed by atoms with Crippen molar-refractivity contribution in [3.8, 4) is 16.9 Å². The molecule has 0 atom stereocenters. The molecular weight excluding hydrogens is 380 g/mol. The van der Waals surface area contributed by atoms with Crippen LogP contribution in [0.5, 0.6) is 5.75 Å². The van der Waals surface area contributed by atoms with E-state index in [2.05, 4.69) is 26.0 Å². The molecule has 5 heterocycles. The SMILES string of the molecule is COc1cnccc1-c1cnc2c(c1)CN(c1nn3c(=O)ccnc3cc1C)CC2. The molecule has 30 heavy (non-hydrogen) atoms. The molecule has 4 aromatic heterocycles. The molecule has 1 aliphatic rings. The monoisotopic (exact) mass is 400 g/mol. The van der Waals surface area contributed by atoms with Crippen molar-refractivity contribution >= 4 is 11.5 Å². The summed E-state index contributed by atoms with van der Waals surface area (Å²) in [6.45, 7) is 3.44.